The van der Waals surface area contributed by atoms with E-state index in [4.69, 9.17) is 21.3 Å². The Bertz CT molecular complexity index is 610. The molecule has 206 valence electrons. The number of carboxylic acids is 1. The standard InChI is InChI=1S/C18H32F3N3O6S.2ClH.H2S/c1-11(2)14(23)15(26)24(17(29)18(19,20)21)6-7-30-9-12(25)10-31(3)8-4-5-13(22)16(27)28;;;/h11-14,25H,4-10,22-23H2,1-3H3;2*1H;1H2/t12?,13-,14-,31?;;;/m0.../s1. The highest BCUT2D eigenvalue weighted by Gasteiger charge is 2.45. The Morgan fingerprint density at radius 1 is 1.18 bits per heavy atom. The molecule has 0 aliphatic rings. The van der Waals surface area contributed by atoms with Gasteiger partial charge in [-0.1, -0.05) is 13.8 Å². The zero-order valence-corrected chi connectivity index (χ0v) is 22.6. The number of halogens is 5. The van der Waals surface area contributed by atoms with Gasteiger partial charge >= 0.3 is 18.1 Å². The number of amides is 2. The first-order chi connectivity index (χ1) is 14.2. The predicted molar refractivity (Wildman–Crippen MR) is 128 cm³/mol. The smallest absolute Gasteiger partial charge is 0.471 e. The number of carboxylic acid groups (broad SMARTS) is 1. The number of aliphatic carboxylic acids is 1. The van der Waals surface area contributed by atoms with Gasteiger partial charge in [-0.3, -0.25) is 19.3 Å². The number of nitrogens with two attached hydrogens (primary N) is 2. The molecule has 9 nitrogen and oxygen atoms in total. The molecule has 6 N–H and O–H groups in total. The van der Waals surface area contributed by atoms with E-state index < -0.39 is 54.6 Å². The van der Waals surface area contributed by atoms with Gasteiger partial charge in [0.2, 0.25) is 5.91 Å². The highest BCUT2D eigenvalue weighted by atomic mass is 35.5. The number of carbonyl (C=O) groups is 3. The lowest BCUT2D eigenvalue weighted by Gasteiger charge is -2.26. The van der Waals surface area contributed by atoms with Crippen LogP contribution in [0.15, 0.2) is 0 Å². The Morgan fingerprint density at radius 3 is 2.15 bits per heavy atom. The van der Waals surface area contributed by atoms with E-state index in [1.54, 1.807) is 13.8 Å². The van der Waals surface area contributed by atoms with E-state index in [0.717, 1.165) is 0 Å². The Labute approximate surface area is 220 Å². The van der Waals surface area contributed by atoms with Gasteiger partial charge in [-0.2, -0.15) is 26.7 Å². The second-order valence-corrected chi connectivity index (χ2v) is 9.84. The van der Waals surface area contributed by atoms with Gasteiger partial charge in [0, 0.05) is 0 Å². The average molecular weight is 583 g/mol. The second kappa shape index (κ2) is 19.7. The molecule has 2 unspecified atom stereocenters. The van der Waals surface area contributed by atoms with Gasteiger partial charge in [0.15, 0.2) is 0 Å². The fourth-order valence-corrected chi connectivity index (χ4v) is 4.02. The Morgan fingerprint density at radius 2 is 1.71 bits per heavy atom. The lowest BCUT2D eigenvalue weighted by molar-refractivity contribution is -0.188. The van der Waals surface area contributed by atoms with Crippen LogP contribution in [0.5, 0.6) is 0 Å². The molecule has 0 rings (SSSR count). The molecular weight excluding hydrogens is 546 g/mol. The summed E-state index contributed by atoms with van der Waals surface area (Å²) < 4.78 is 43.5. The van der Waals surface area contributed by atoms with Crippen molar-refractivity contribution in [1.29, 1.82) is 0 Å². The zero-order chi connectivity index (χ0) is 24.4. The number of hydrogen-bond acceptors (Lipinski definition) is 7. The van der Waals surface area contributed by atoms with Crippen molar-refractivity contribution in [3.8, 4) is 0 Å². The van der Waals surface area contributed by atoms with Crippen molar-refractivity contribution in [3.05, 3.63) is 0 Å². The maximum atomic E-state index is 12.8. The molecule has 0 fully saturated rings. The van der Waals surface area contributed by atoms with Crippen LogP contribution < -0.4 is 23.9 Å². The lowest BCUT2D eigenvalue weighted by Crippen LogP contribution is -3.00. The SMILES string of the molecule is CC(C)[C@H](N)C(=O)N(CCOCC(O)C[S+](C)CCC[C@H](N)C(=O)O)C(=O)C(F)(F)F.Cl.S.[Cl-]. The topological polar surface area (TPSA) is 156 Å². The summed E-state index contributed by atoms with van der Waals surface area (Å²) in [5.74, 6) is -3.98. The summed E-state index contributed by atoms with van der Waals surface area (Å²) in [5.41, 5.74) is 11.0. The van der Waals surface area contributed by atoms with Gasteiger partial charge in [-0.25, -0.2) is 0 Å². The number of nitrogens with zero attached hydrogens (tertiary/aromatic N) is 1. The van der Waals surface area contributed by atoms with Gasteiger partial charge in [-0.15, -0.1) is 12.4 Å². The average Bonchev–Trinajstić information content (AvgIpc) is 2.65. The third-order valence-corrected chi connectivity index (χ3v) is 6.27. The molecule has 16 heteroatoms. The van der Waals surface area contributed by atoms with E-state index in [1.165, 1.54) is 0 Å². The predicted octanol–water partition coefficient (Wildman–Crippen LogP) is -2.76. The highest BCUT2D eigenvalue weighted by molar-refractivity contribution is 7.96. The van der Waals surface area contributed by atoms with Crippen molar-refractivity contribution in [2.75, 3.05) is 37.5 Å². The molecule has 0 aliphatic heterocycles. The van der Waals surface area contributed by atoms with Crippen molar-refractivity contribution in [2.45, 2.75) is 51.1 Å². The maximum Gasteiger partial charge on any atom is 0.471 e. The minimum absolute atomic E-state index is 0. The molecule has 0 saturated heterocycles. The van der Waals surface area contributed by atoms with E-state index in [0.29, 0.717) is 24.3 Å². The molecule has 0 bridgehead atoms. The minimum atomic E-state index is -5.23. The molecule has 0 aromatic rings. The van der Waals surface area contributed by atoms with Crippen LogP contribution in [0, 0.1) is 5.92 Å². The van der Waals surface area contributed by atoms with Crippen LogP contribution in [0.3, 0.4) is 0 Å². The summed E-state index contributed by atoms with van der Waals surface area (Å²) >= 11 is 0. The Hall–Kier alpha value is -0.480. The fourth-order valence-electron chi connectivity index (χ4n) is 2.44. The van der Waals surface area contributed by atoms with Crippen LogP contribution in [0.4, 0.5) is 13.2 Å². The number of imide groups is 1. The molecule has 0 aromatic heterocycles. The molecule has 0 aliphatic carbocycles. The third kappa shape index (κ3) is 16.2. The number of ether oxygens (including phenoxy) is 1. The normalized spacial score (nSPS) is 14.5. The molecule has 0 spiro atoms. The van der Waals surface area contributed by atoms with Crippen LogP contribution >= 0.6 is 25.9 Å². The van der Waals surface area contributed by atoms with Crippen molar-refractivity contribution in [3.63, 3.8) is 0 Å². The largest absolute Gasteiger partial charge is 1.00 e. The number of aliphatic hydroxyl groups excluding tert-OH is 1. The zero-order valence-electron chi connectivity index (χ0n) is 19.2. The highest BCUT2D eigenvalue weighted by Crippen LogP contribution is 2.19. The summed E-state index contributed by atoms with van der Waals surface area (Å²) in [6.45, 7) is 1.87. The second-order valence-electron chi connectivity index (χ2n) is 7.53. The molecule has 0 aromatic carbocycles. The van der Waals surface area contributed by atoms with Crippen LogP contribution in [0.25, 0.3) is 0 Å². The summed E-state index contributed by atoms with van der Waals surface area (Å²) in [4.78, 5) is 34.4. The Kier molecular flexibility index (Phi) is 23.5. The number of aliphatic hydroxyl groups is 1. The molecular formula is C18H36Cl2F3N3O6S2. The summed E-state index contributed by atoms with van der Waals surface area (Å²) in [6.07, 6.45) is -3.36. The lowest BCUT2D eigenvalue weighted by atomic mass is 10.0. The first kappa shape index (κ1) is 40.7. The molecule has 0 radical (unpaired) electrons. The van der Waals surface area contributed by atoms with Gasteiger partial charge < -0.3 is 38.8 Å². The van der Waals surface area contributed by atoms with Crippen LogP contribution in [0.1, 0.15) is 26.7 Å². The number of rotatable bonds is 14. The number of hydrogen-bond donors (Lipinski definition) is 4. The van der Waals surface area contributed by atoms with Crippen molar-refractivity contribution in [2.24, 2.45) is 17.4 Å². The molecule has 4 atom stereocenters. The first-order valence-electron chi connectivity index (χ1n) is 9.69. The molecule has 0 saturated carbocycles. The summed E-state index contributed by atoms with van der Waals surface area (Å²) in [5, 5.41) is 18.7. The van der Waals surface area contributed by atoms with Crippen molar-refractivity contribution in [1.82, 2.24) is 4.90 Å². The van der Waals surface area contributed by atoms with Crippen molar-refractivity contribution < 1.29 is 54.9 Å². The summed E-state index contributed by atoms with van der Waals surface area (Å²) in [6, 6.07) is -2.20. The molecule has 34 heavy (non-hydrogen) atoms. The van der Waals surface area contributed by atoms with Gasteiger partial charge in [0.25, 0.3) is 0 Å². The number of carbonyl (C=O) groups excluding carboxylic acids is 2. The number of alkyl halides is 3. The van der Waals surface area contributed by atoms with Crippen molar-refractivity contribution >= 4 is 54.6 Å². The molecule has 0 heterocycles. The van der Waals surface area contributed by atoms with E-state index in [2.05, 4.69) is 0 Å². The maximum absolute atomic E-state index is 12.8. The van der Waals surface area contributed by atoms with Gasteiger partial charge in [0.1, 0.15) is 23.7 Å². The van der Waals surface area contributed by atoms with Crippen LogP contribution in [-0.2, 0) is 30.0 Å². The third-order valence-electron chi connectivity index (χ3n) is 4.33. The van der Waals surface area contributed by atoms with E-state index in [-0.39, 0.29) is 67.3 Å². The van der Waals surface area contributed by atoms with Crippen LogP contribution in [-0.4, -0.2) is 94.8 Å². The monoisotopic (exact) mass is 581 g/mol. The van der Waals surface area contributed by atoms with Gasteiger partial charge in [0.05, 0.1) is 32.1 Å². The van der Waals surface area contributed by atoms with E-state index in [9.17, 15) is 32.7 Å². The molecule has 2 amide bonds. The minimum Gasteiger partial charge on any atom is -1.00 e. The first-order valence-corrected chi connectivity index (χ1v) is 11.7. The van der Waals surface area contributed by atoms with E-state index >= 15 is 0 Å². The quantitative estimate of drug-likeness (QED) is 0.127. The summed E-state index contributed by atoms with van der Waals surface area (Å²) in [7, 11) is -0.244. The van der Waals surface area contributed by atoms with Gasteiger partial charge in [-0.05, 0) is 29.7 Å². The van der Waals surface area contributed by atoms with E-state index in [1.807, 2.05) is 6.26 Å². The Balaban J connectivity index is -0.00000150. The fraction of sp³-hybridized carbons (Fsp3) is 0.833. The van der Waals surface area contributed by atoms with Crippen LogP contribution in [0.2, 0.25) is 0 Å².